The Kier molecular flexibility index (Phi) is 6.32. The fourth-order valence-electron chi connectivity index (χ4n) is 2.06. The van der Waals surface area contributed by atoms with Crippen molar-refractivity contribution in [1.29, 1.82) is 0 Å². The van der Waals surface area contributed by atoms with Gasteiger partial charge >= 0.3 is 5.97 Å². The molecular formula is C16H20N4O4. The van der Waals surface area contributed by atoms with Crippen LogP contribution in [0.5, 0.6) is 5.75 Å². The number of hydrogen-bond donors (Lipinski definition) is 3. The maximum Gasteiger partial charge on any atom is 0.345 e. The molecule has 1 heterocycles. The Labute approximate surface area is 139 Å². The number of nitrogens with zero attached hydrogens (tertiary/aromatic N) is 2. The molecule has 0 bridgehead atoms. The van der Waals surface area contributed by atoms with Crippen LogP contribution in [0.1, 0.15) is 17.3 Å². The third-order valence-electron chi connectivity index (χ3n) is 3.09. The van der Waals surface area contributed by atoms with Gasteiger partial charge in [-0.2, -0.15) is 0 Å². The molecule has 3 N–H and O–H groups in total. The minimum atomic E-state index is -0.559. The standard InChI is InChI=1S/C16H20N4O4/c1-3-24-16(22)13-14(17-8-9-21)18-10-19-15(13)20-11-6-4-5-7-12(11)23-2/h4-7,10,21H,3,8-9H2,1-2H3,(H2,17,18,19,20). The number of esters is 1. The number of aliphatic hydroxyl groups excluding tert-OH is 1. The molecule has 8 nitrogen and oxygen atoms in total. The first kappa shape index (κ1) is 17.5. The SMILES string of the molecule is CCOC(=O)c1c(NCCO)ncnc1Nc1ccccc1OC. The van der Waals surface area contributed by atoms with Gasteiger partial charge in [-0.05, 0) is 19.1 Å². The molecule has 0 radical (unpaired) electrons. The predicted octanol–water partition coefficient (Wildman–Crippen LogP) is 1.81. The minimum Gasteiger partial charge on any atom is -0.495 e. The maximum atomic E-state index is 12.3. The van der Waals surface area contributed by atoms with Gasteiger partial charge < -0.3 is 25.2 Å². The van der Waals surface area contributed by atoms with Gasteiger partial charge in [-0.15, -0.1) is 0 Å². The number of aliphatic hydroxyl groups is 1. The van der Waals surface area contributed by atoms with Crippen LogP contribution in [0.4, 0.5) is 17.3 Å². The quantitative estimate of drug-likeness (QED) is 0.629. The molecule has 0 saturated heterocycles. The Balaban J connectivity index is 2.42. The number of methoxy groups -OCH3 is 1. The van der Waals surface area contributed by atoms with E-state index in [4.69, 9.17) is 14.6 Å². The fraction of sp³-hybridized carbons (Fsp3) is 0.312. The number of hydrogen-bond acceptors (Lipinski definition) is 8. The fourth-order valence-corrected chi connectivity index (χ4v) is 2.06. The van der Waals surface area contributed by atoms with Crippen LogP contribution in [0, 0.1) is 0 Å². The van der Waals surface area contributed by atoms with Crippen molar-refractivity contribution in [3.63, 3.8) is 0 Å². The van der Waals surface area contributed by atoms with Crippen LogP contribution in [0.2, 0.25) is 0 Å². The molecule has 0 amide bonds. The average molecular weight is 332 g/mol. The molecule has 0 unspecified atom stereocenters. The summed E-state index contributed by atoms with van der Waals surface area (Å²) < 4.78 is 10.4. The van der Waals surface area contributed by atoms with Crippen LogP contribution in [-0.4, -0.2) is 47.9 Å². The van der Waals surface area contributed by atoms with E-state index in [2.05, 4.69) is 20.6 Å². The lowest BCUT2D eigenvalue weighted by Gasteiger charge is -2.15. The van der Waals surface area contributed by atoms with E-state index in [0.29, 0.717) is 11.4 Å². The van der Waals surface area contributed by atoms with Gasteiger partial charge in [0.2, 0.25) is 0 Å². The van der Waals surface area contributed by atoms with E-state index >= 15 is 0 Å². The largest absolute Gasteiger partial charge is 0.495 e. The van der Waals surface area contributed by atoms with Crippen molar-refractivity contribution in [2.75, 3.05) is 37.5 Å². The number of nitrogens with one attached hydrogen (secondary N) is 2. The second kappa shape index (κ2) is 8.68. The molecule has 8 heteroatoms. The minimum absolute atomic E-state index is 0.0957. The topological polar surface area (TPSA) is 106 Å². The molecule has 0 aliphatic carbocycles. The Morgan fingerprint density at radius 2 is 2.00 bits per heavy atom. The highest BCUT2D eigenvalue weighted by atomic mass is 16.5. The highest BCUT2D eigenvalue weighted by Crippen LogP contribution is 2.29. The summed E-state index contributed by atoms with van der Waals surface area (Å²) in [6.07, 6.45) is 1.32. The third-order valence-corrected chi connectivity index (χ3v) is 3.09. The monoisotopic (exact) mass is 332 g/mol. The van der Waals surface area contributed by atoms with Crippen molar-refractivity contribution >= 4 is 23.3 Å². The first-order valence-electron chi connectivity index (χ1n) is 7.48. The molecule has 0 spiro atoms. The summed E-state index contributed by atoms with van der Waals surface area (Å²) in [5.41, 5.74) is 0.816. The van der Waals surface area contributed by atoms with Crippen LogP contribution < -0.4 is 15.4 Å². The predicted molar refractivity (Wildman–Crippen MR) is 89.8 cm³/mol. The second-order valence-electron chi connectivity index (χ2n) is 4.64. The lowest BCUT2D eigenvalue weighted by atomic mass is 10.2. The zero-order valence-corrected chi connectivity index (χ0v) is 13.6. The molecule has 24 heavy (non-hydrogen) atoms. The van der Waals surface area contributed by atoms with E-state index in [1.165, 1.54) is 6.33 Å². The zero-order valence-electron chi connectivity index (χ0n) is 13.6. The van der Waals surface area contributed by atoms with E-state index in [1.807, 2.05) is 12.1 Å². The van der Waals surface area contributed by atoms with Gasteiger partial charge in [0.25, 0.3) is 0 Å². The summed E-state index contributed by atoms with van der Waals surface area (Å²) in [5, 5.41) is 14.9. The molecule has 2 aromatic rings. The van der Waals surface area contributed by atoms with Crippen molar-refractivity contribution < 1.29 is 19.4 Å². The summed E-state index contributed by atoms with van der Waals surface area (Å²) in [6, 6.07) is 7.26. The zero-order chi connectivity index (χ0) is 17.4. The van der Waals surface area contributed by atoms with Crippen molar-refractivity contribution in [3.8, 4) is 5.75 Å². The van der Waals surface area contributed by atoms with E-state index in [1.54, 1.807) is 26.2 Å². The normalized spacial score (nSPS) is 10.1. The van der Waals surface area contributed by atoms with Crippen LogP contribution >= 0.6 is 0 Å². The first-order chi connectivity index (χ1) is 11.7. The van der Waals surface area contributed by atoms with Crippen molar-refractivity contribution in [3.05, 3.63) is 36.2 Å². The highest BCUT2D eigenvalue weighted by molar-refractivity contribution is 6.00. The van der Waals surface area contributed by atoms with Crippen molar-refractivity contribution in [1.82, 2.24) is 9.97 Å². The third kappa shape index (κ3) is 4.11. The van der Waals surface area contributed by atoms with Crippen molar-refractivity contribution in [2.45, 2.75) is 6.92 Å². The maximum absolute atomic E-state index is 12.3. The van der Waals surface area contributed by atoms with Gasteiger partial charge in [0.05, 0.1) is 26.0 Å². The number of benzene rings is 1. The lowest BCUT2D eigenvalue weighted by molar-refractivity contribution is 0.0528. The molecule has 128 valence electrons. The number of para-hydroxylation sites is 2. The summed E-state index contributed by atoms with van der Waals surface area (Å²) in [4.78, 5) is 20.5. The Bertz CT molecular complexity index is 694. The summed E-state index contributed by atoms with van der Waals surface area (Å²) >= 11 is 0. The van der Waals surface area contributed by atoms with Gasteiger partial charge in [-0.25, -0.2) is 14.8 Å². The van der Waals surface area contributed by atoms with E-state index in [-0.39, 0.29) is 37.0 Å². The van der Waals surface area contributed by atoms with Gasteiger partial charge in [0.1, 0.15) is 23.5 Å². The van der Waals surface area contributed by atoms with Crippen LogP contribution in [0.15, 0.2) is 30.6 Å². The van der Waals surface area contributed by atoms with Crippen LogP contribution in [0.3, 0.4) is 0 Å². The number of ether oxygens (including phenoxy) is 2. The highest BCUT2D eigenvalue weighted by Gasteiger charge is 2.21. The molecule has 0 fully saturated rings. The van der Waals surface area contributed by atoms with E-state index < -0.39 is 5.97 Å². The molecule has 0 aliphatic heterocycles. The molecule has 1 aromatic carbocycles. The smallest absolute Gasteiger partial charge is 0.345 e. The molecular weight excluding hydrogens is 312 g/mol. The molecule has 0 aliphatic rings. The molecule has 2 rings (SSSR count). The number of carbonyl (C=O) groups excluding carboxylic acids is 1. The Morgan fingerprint density at radius 1 is 1.25 bits per heavy atom. The summed E-state index contributed by atoms with van der Waals surface area (Å²) in [7, 11) is 1.56. The number of rotatable bonds is 8. The first-order valence-corrected chi connectivity index (χ1v) is 7.48. The van der Waals surface area contributed by atoms with Gasteiger partial charge in [-0.3, -0.25) is 0 Å². The number of aromatic nitrogens is 2. The Morgan fingerprint density at radius 3 is 2.71 bits per heavy atom. The molecule has 1 aromatic heterocycles. The lowest BCUT2D eigenvalue weighted by Crippen LogP contribution is -2.16. The van der Waals surface area contributed by atoms with Gasteiger partial charge in [-0.1, -0.05) is 12.1 Å². The Hall–Kier alpha value is -2.87. The summed E-state index contributed by atoms with van der Waals surface area (Å²) in [6.45, 7) is 2.09. The van der Waals surface area contributed by atoms with Gasteiger partial charge in [0.15, 0.2) is 5.82 Å². The molecule has 0 atom stereocenters. The number of carbonyl (C=O) groups is 1. The number of anilines is 3. The van der Waals surface area contributed by atoms with Gasteiger partial charge in [0, 0.05) is 6.54 Å². The van der Waals surface area contributed by atoms with Crippen molar-refractivity contribution in [2.24, 2.45) is 0 Å². The van der Waals surface area contributed by atoms with E-state index in [0.717, 1.165) is 0 Å². The van der Waals surface area contributed by atoms with E-state index in [9.17, 15) is 4.79 Å². The summed E-state index contributed by atoms with van der Waals surface area (Å²) in [5.74, 6) is 0.620. The van der Waals surface area contributed by atoms with Crippen LogP contribution in [0.25, 0.3) is 0 Å². The molecule has 0 saturated carbocycles. The average Bonchev–Trinajstić information content (AvgIpc) is 2.60. The van der Waals surface area contributed by atoms with Crippen LogP contribution in [-0.2, 0) is 4.74 Å². The second-order valence-corrected chi connectivity index (χ2v) is 4.64.